The number of aldehydes is 1. The summed E-state index contributed by atoms with van der Waals surface area (Å²) in [6.07, 6.45) is 4.65. The summed E-state index contributed by atoms with van der Waals surface area (Å²) < 4.78 is 5.44. The molecule has 14 heavy (non-hydrogen) atoms. The van der Waals surface area contributed by atoms with Gasteiger partial charge in [-0.1, -0.05) is 6.07 Å². The van der Waals surface area contributed by atoms with Crippen molar-refractivity contribution in [1.82, 2.24) is 4.98 Å². The molecule has 0 aromatic carbocycles. The quantitative estimate of drug-likeness (QED) is 0.680. The molecule has 2 rings (SSSR count). The fraction of sp³-hybridized carbons (Fsp3) is 0.455. The van der Waals surface area contributed by atoms with Gasteiger partial charge in [0.1, 0.15) is 12.9 Å². The number of ether oxygens (including phenoxy) is 1. The van der Waals surface area contributed by atoms with Crippen LogP contribution in [0.25, 0.3) is 0 Å². The van der Waals surface area contributed by atoms with Crippen molar-refractivity contribution in [3.63, 3.8) is 0 Å². The van der Waals surface area contributed by atoms with Gasteiger partial charge in [-0.2, -0.15) is 0 Å². The molecule has 1 heterocycles. The zero-order valence-corrected chi connectivity index (χ0v) is 8.19. The van der Waals surface area contributed by atoms with E-state index in [0.29, 0.717) is 12.5 Å². The molecule has 3 heteroatoms. The molecule has 0 amide bonds. The molecule has 1 aromatic heterocycles. The van der Waals surface area contributed by atoms with Crippen molar-refractivity contribution in [2.24, 2.45) is 5.41 Å². The molecule has 1 aliphatic carbocycles. The van der Waals surface area contributed by atoms with Crippen molar-refractivity contribution >= 4 is 6.29 Å². The number of aromatic nitrogens is 1. The summed E-state index contributed by atoms with van der Waals surface area (Å²) in [6.45, 7) is 2.44. The zero-order chi connectivity index (χ0) is 10.0. The zero-order valence-electron chi connectivity index (χ0n) is 8.19. The Labute approximate surface area is 83.1 Å². The highest BCUT2D eigenvalue weighted by Crippen LogP contribution is 2.43. The highest BCUT2D eigenvalue weighted by Gasteiger charge is 2.43. The van der Waals surface area contributed by atoms with E-state index >= 15 is 0 Å². The van der Waals surface area contributed by atoms with Crippen molar-refractivity contribution < 1.29 is 9.53 Å². The average molecular weight is 191 g/mol. The van der Waals surface area contributed by atoms with E-state index in [1.165, 1.54) is 0 Å². The predicted molar refractivity (Wildman–Crippen MR) is 52.2 cm³/mol. The van der Waals surface area contributed by atoms with Crippen molar-refractivity contribution in [2.75, 3.05) is 6.61 Å². The molecule has 0 N–H and O–H groups in total. The van der Waals surface area contributed by atoms with Crippen LogP contribution in [0.1, 0.15) is 18.4 Å². The van der Waals surface area contributed by atoms with Crippen LogP contribution in [0.15, 0.2) is 18.3 Å². The van der Waals surface area contributed by atoms with Gasteiger partial charge in [0.05, 0.1) is 5.41 Å². The number of carbonyl (C=O) groups is 1. The lowest BCUT2D eigenvalue weighted by Gasteiger charge is -2.08. The van der Waals surface area contributed by atoms with E-state index in [2.05, 4.69) is 4.98 Å². The number of pyridine rings is 1. The van der Waals surface area contributed by atoms with Gasteiger partial charge in [-0.05, 0) is 25.3 Å². The van der Waals surface area contributed by atoms with Gasteiger partial charge in [-0.15, -0.1) is 0 Å². The first-order valence-electron chi connectivity index (χ1n) is 4.76. The summed E-state index contributed by atoms with van der Waals surface area (Å²) in [7, 11) is 0. The van der Waals surface area contributed by atoms with Gasteiger partial charge in [0.25, 0.3) is 0 Å². The lowest BCUT2D eigenvalue weighted by molar-refractivity contribution is -0.113. The van der Waals surface area contributed by atoms with E-state index < -0.39 is 0 Å². The van der Waals surface area contributed by atoms with E-state index in [0.717, 1.165) is 24.7 Å². The summed E-state index contributed by atoms with van der Waals surface area (Å²) in [5.74, 6) is 0.601. The smallest absolute Gasteiger partial charge is 0.213 e. The summed E-state index contributed by atoms with van der Waals surface area (Å²) in [5.41, 5.74) is 0.904. The normalized spacial score (nSPS) is 17.5. The third-order valence-corrected chi connectivity index (χ3v) is 2.53. The summed E-state index contributed by atoms with van der Waals surface area (Å²) >= 11 is 0. The molecule has 3 nitrogen and oxygen atoms in total. The Balaban J connectivity index is 1.92. The third-order valence-electron chi connectivity index (χ3n) is 2.53. The van der Waals surface area contributed by atoms with Crippen LogP contribution in [0, 0.1) is 12.3 Å². The second kappa shape index (κ2) is 3.40. The Morgan fingerprint density at radius 3 is 2.86 bits per heavy atom. The van der Waals surface area contributed by atoms with Gasteiger partial charge >= 0.3 is 0 Å². The Bertz CT molecular complexity index is 328. The van der Waals surface area contributed by atoms with Crippen LogP contribution in [0.3, 0.4) is 0 Å². The first-order valence-corrected chi connectivity index (χ1v) is 4.76. The molecule has 0 unspecified atom stereocenters. The minimum absolute atomic E-state index is 0.202. The highest BCUT2D eigenvalue weighted by atomic mass is 16.5. The first-order chi connectivity index (χ1) is 6.74. The van der Waals surface area contributed by atoms with Crippen LogP contribution in [-0.4, -0.2) is 17.9 Å². The maximum Gasteiger partial charge on any atom is 0.213 e. The second-order valence-corrected chi connectivity index (χ2v) is 3.94. The van der Waals surface area contributed by atoms with E-state index in [1.807, 2.05) is 19.1 Å². The van der Waals surface area contributed by atoms with Crippen molar-refractivity contribution in [1.29, 1.82) is 0 Å². The Morgan fingerprint density at radius 1 is 1.57 bits per heavy atom. The molecule has 0 aliphatic heterocycles. The largest absolute Gasteiger partial charge is 0.477 e. The van der Waals surface area contributed by atoms with E-state index in [9.17, 15) is 4.79 Å². The molecular formula is C11H13NO2. The SMILES string of the molecule is Cc1ccc(OCC2(C=O)CC2)nc1. The summed E-state index contributed by atoms with van der Waals surface area (Å²) in [5, 5.41) is 0. The molecule has 0 saturated heterocycles. The molecule has 0 radical (unpaired) electrons. The lowest BCUT2D eigenvalue weighted by atomic mass is 10.1. The molecule has 1 saturated carbocycles. The van der Waals surface area contributed by atoms with Crippen molar-refractivity contribution in [2.45, 2.75) is 19.8 Å². The van der Waals surface area contributed by atoms with Crippen LogP contribution in [0.2, 0.25) is 0 Å². The fourth-order valence-electron chi connectivity index (χ4n) is 1.21. The van der Waals surface area contributed by atoms with Gasteiger partial charge in [0, 0.05) is 12.3 Å². The number of aryl methyl sites for hydroxylation is 1. The predicted octanol–water partition coefficient (Wildman–Crippen LogP) is 1.75. The average Bonchev–Trinajstić information content (AvgIpc) is 2.98. The van der Waals surface area contributed by atoms with Crippen LogP contribution in [0.5, 0.6) is 5.88 Å². The van der Waals surface area contributed by atoms with Gasteiger partial charge in [-0.3, -0.25) is 0 Å². The molecule has 1 aromatic rings. The van der Waals surface area contributed by atoms with E-state index in [1.54, 1.807) is 6.20 Å². The standard InChI is InChI=1S/C11H13NO2/c1-9-2-3-10(12-6-9)14-8-11(7-13)4-5-11/h2-3,6-7H,4-5,8H2,1H3. The lowest BCUT2D eigenvalue weighted by Crippen LogP contribution is -2.14. The van der Waals surface area contributed by atoms with Crippen LogP contribution < -0.4 is 4.74 Å². The van der Waals surface area contributed by atoms with E-state index in [4.69, 9.17) is 4.74 Å². The number of carbonyl (C=O) groups excluding carboxylic acids is 1. The Hall–Kier alpha value is -1.38. The van der Waals surface area contributed by atoms with Gasteiger partial charge < -0.3 is 9.53 Å². The highest BCUT2D eigenvalue weighted by molar-refractivity contribution is 5.63. The van der Waals surface area contributed by atoms with E-state index in [-0.39, 0.29) is 5.41 Å². The second-order valence-electron chi connectivity index (χ2n) is 3.94. The van der Waals surface area contributed by atoms with Crippen LogP contribution >= 0.6 is 0 Å². The number of nitrogens with zero attached hydrogens (tertiary/aromatic N) is 1. The molecule has 0 bridgehead atoms. The molecule has 1 aliphatic rings. The maximum atomic E-state index is 10.7. The van der Waals surface area contributed by atoms with Crippen LogP contribution in [0.4, 0.5) is 0 Å². The number of rotatable bonds is 4. The minimum atomic E-state index is -0.202. The molecular weight excluding hydrogens is 178 g/mol. The van der Waals surface area contributed by atoms with Crippen molar-refractivity contribution in [3.8, 4) is 5.88 Å². The van der Waals surface area contributed by atoms with Crippen molar-refractivity contribution in [3.05, 3.63) is 23.9 Å². The number of hydrogen-bond acceptors (Lipinski definition) is 3. The van der Waals surface area contributed by atoms with Crippen LogP contribution in [-0.2, 0) is 4.79 Å². The minimum Gasteiger partial charge on any atom is -0.477 e. The summed E-state index contributed by atoms with van der Waals surface area (Å²) in [4.78, 5) is 14.8. The first kappa shape index (κ1) is 9.19. The Morgan fingerprint density at radius 2 is 2.36 bits per heavy atom. The Kier molecular flexibility index (Phi) is 2.23. The van der Waals surface area contributed by atoms with Gasteiger partial charge in [0.15, 0.2) is 0 Å². The third kappa shape index (κ3) is 1.92. The molecule has 0 spiro atoms. The van der Waals surface area contributed by atoms with Gasteiger partial charge in [0.2, 0.25) is 5.88 Å². The fourth-order valence-corrected chi connectivity index (χ4v) is 1.21. The topological polar surface area (TPSA) is 39.2 Å². The maximum absolute atomic E-state index is 10.7. The molecule has 1 fully saturated rings. The summed E-state index contributed by atoms with van der Waals surface area (Å²) in [6, 6.07) is 3.78. The van der Waals surface area contributed by atoms with Gasteiger partial charge in [-0.25, -0.2) is 4.98 Å². The molecule has 0 atom stereocenters. The molecule has 74 valence electrons. The number of hydrogen-bond donors (Lipinski definition) is 0. The monoisotopic (exact) mass is 191 g/mol.